The van der Waals surface area contributed by atoms with E-state index in [9.17, 15) is 18.1 Å². The van der Waals surface area contributed by atoms with Crippen molar-refractivity contribution in [3.8, 4) is 11.5 Å². The number of para-hydroxylation sites is 2. The Hall–Kier alpha value is -2.98. The lowest BCUT2D eigenvalue weighted by molar-refractivity contribution is 0.104. The van der Waals surface area contributed by atoms with E-state index in [2.05, 4.69) is 0 Å². The van der Waals surface area contributed by atoms with E-state index in [0.717, 1.165) is 12.1 Å². The molecule has 0 N–H and O–H groups in total. The summed E-state index contributed by atoms with van der Waals surface area (Å²) >= 11 is 0. The van der Waals surface area contributed by atoms with Crippen LogP contribution in [-0.4, -0.2) is 5.52 Å². The van der Waals surface area contributed by atoms with Crippen LogP contribution in [0.2, 0.25) is 0 Å². The first-order chi connectivity index (χ1) is 12.9. The first-order valence-electron chi connectivity index (χ1n) is 7.99. The predicted molar refractivity (Wildman–Crippen MR) is 97.2 cm³/mol. The number of carbonyl (C=O) groups is 1. The quantitative estimate of drug-likeness (QED) is 0.504. The van der Waals surface area contributed by atoms with Crippen LogP contribution in [0.4, 0.5) is 8.78 Å². The molecule has 0 fully saturated rings. The third-order valence-corrected chi connectivity index (χ3v) is 5.35. The summed E-state index contributed by atoms with van der Waals surface area (Å²) in [5, 5.41) is 0. The Morgan fingerprint density at radius 3 is 1.70 bits per heavy atom. The second kappa shape index (κ2) is 7.72. The van der Waals surface area contributed by atoms with Gasteiger partial charge in [-0.05, 0) is 36.8 Å². The highest BCUT2D eigenvalue weighted by atomic mass is 31.2. The summed E-state index contributed by atoms with van der Waals surface area (Å²) in [6, 6.07) is 16.7. The predicted octanol–water partition coefficient (Wildman–Crippen LogP) is 5.76. The largest absolute Gasteiger partial charge is 0.503 e. The van der Waals surface area contributed by atoms with Gasteiger partial charge in [-0.25, -0.2) is 13.3 Å². The minimum absolute atomic E-state index is 0.0773. The van der Waals surface area contributed by atoms with Gasteiger partial charge in [-0.1, -0.05) is 48.5 Å². The number of halogens is 2. The maximum absolute atomic E-state index is 14.0. The minimum atomic E-state index is -4.68. The van der Waals surface area contributed by atoms with E-state index in [1.807, 2.05) is 0 Å². The number of benzene rings is 3. The van der Waals surface area contributed by atoms with Crippen LogP contribution in [0.3, 0.4) is 0 Å². The maximum Gasteiger partial charge on any atom is 0.503 e. The second-order valence-electron chi connectivity index (χ2n) is 5.66. The number of aryl methyl sites for hydroxylation is 1. The zero-order valence-electron chi connectivity index (χ0n) is 14.3. The Morgan fingerprint density at radius 1 is 0.778 bits per heavy atom. The monoisotopic (exact) mass is 388 g/mol. The molecule has 27 heavy (non-hydrogen) atoms. The molecule has 0 saturated heterocycles. The number of hydrogen-bond acceptors (Lipinski definition) is 4. The SMILES string of the molecule is Cc1ccccc1C(=O)P(=O)(Oc1ccccc1F)Oc1ccccc1F. The van der Waals surface area contributed by atoms with Gasteiger partial charge in [0.25, 0.3) is 5.52 Å². The molecule has 0 aliphatic carbocycles. The smallest absolute Gasteiger partial charge is 0.408 e. The van der Waals surface area contributed by atoms with E-state index < -0.39 is 36.3 Å². The Bertz CT molecular complexity index is 984. The van der Waals surface area contributed by atoms with Crippen molar-refractivity contribution in [1.82, 2.24) is 0 Å². The van der Waals surface area contributed by atoms with E-state index >= 15 is 0 Å². The molecule has 0 atom stereocenters. The molecule has 0 saturated carbocycles. The van der Waals surface area contributed by atoms with Gasteiger partial charge in [0.2, 0.25) is 0 Å². The Kier molecular flexibility index (Phi) is 5.38. The number of carbonyl (C=O) groups excluding carboxylic acids is 1. The van der Waals surface area contributed by atoms with Crippen molar-refractivity contribution >= 4 is 13.1 Å². The van der Waals surface area contributed by atoms with Crippen molar-refractivity contribution in [1.29, 1.82) is 0 Å². The molecule has 3 rings (SSSR count). The molecule has 0 aromatic heterocycles. The molecule has 0 aliphatic heterocycles. The van der Waals surface area contributed by atoms with Gasteiger partial charge in [0.1, 0.15) is 0 Å². The lowest BCUT2D eigenvalue weighted by atomic mass is 10.1. The molecule has 0 amide bonds. The molecule has 4 nitrogen and oxygen atoms in total. The summed E-state index contributed by atoms with van der Waals surface area (Å²) in [5.74, 6) is -2.52. The summed E-state index contributed by atoms with van der Waals surface area (Å²) in [7, 11) is -4.68. The number of rotatable bonds is 6. The van der Waals surface area contributed by atoms with Crippen LogP contribution in [0.5, 0.6) is 11.5 Å². The average Bonchev–Trinajstić information content (AvgIpc) is 2.65. The average molecular weight is 388 g/mol. The normalized spacial score (nSPS) is 11.1. The van der Waals surface area contributed by atoms with Crippen LogP contribution >= 0.6 is 7.60 Å². The molecule has 3 aromatic rings. The van der Waals surface area contributed by atoms with Gasteiger partial charge >= 0.3 is 7.60 Å². The molecule has 0 aliphatic rings. The fraction of sp³-hybridized carbons (Fsp3) is 0.0500. The lowest BCUT2D eigenvalue weighted by Crippen LogP contribution is -2.14. The summed E-state index contributed by atoms with van der Waals surface area (Å²) in [6.45, 7) is 1.64. The summed E-state index contributed by atoms with van der Waals surface area (Å²) in [6.07, 6.45) is 0. The van der Waals surface area contributed by atoms with Gasteiger partial charge in [0, 0.05) is 5.56 Å². The fourth-order valence-corrected chi connectivity index (χ4v) is 3.92. The molecule has 0 unspecified atom stereocenters. The minimum Gasteiger partial charge on any atom is -0.408 e. The summed E-state index contributed by atoms with van der Waals surface area (Å²) in [5.41, 5.74) is -0.391. The molecular formula is C20H15F2O4P. The van der Waals surface area contributed by atoms with Gasteiger partial charge in [0.05, 0.1) is 0 Å². The maximum atomic E-state index is 14.0. The highest BCUT2D eigenvalue weighted by molar-refractivity contribution is 7.73. The van der Waals surface area contributed by atoms with Crippen LogP contribution < -0.4 is 9.05 Å². The van der Waals surface area contributed by atoms with Gasteiger partial charge in [-0.2, -0.15) is 0 Å². The van der Waals surface area contributed by atoms with Gasteiger partial charge in [-0.15, -0.1) is 0 Å². The van der Waals surface area contributed by atoms with E-state index in [4.69, 9.17) is 9.05 Å². The van der Waals surface area contributed by atoms with Crippen LogP contribution in [0, 0.1) is 18.6 Å². The molecule has 138 valence electrons. The molecule has 7 heteroatoms. The topological polar surface area (TPSA) is 52.6 Å². The standard InChI is InChI=1S/C20H15F2O4P/c1-14-8-2-3-9-15(14)20(23)27(24,25-18-12-6-4-10-16(18)21)26-19-13-7-5-11-17(19)22/h2-13H,1H3. The second-order valence-corrected chi connectivity index (χ2v) is 7.43. The lowest BCUT2D eigenvalue weighted by Gasteiger charge is -2.20. The fourth-order valence-electron chi connectivity index (χ4n) is 2.36. The highest BCUT2D eigenvalue weighted by Gasteiger charge is 2.41. The van der Waals surface area contributed by atoms with Crippen molar-refractivity contribution in [3.05, 3.63) is 95.6 Å². The van der Waals surface area contributed by atoms with Crippen LogP contribution in [0.25, 0.3) is 0 Å². The first-order valence-corrected chi connectivity index (χ1v) is 9.54. The van der Waals surface area contributed by atoms with Crippen molar-refractivity contribution in [2.75, 3.05) is 0 Å². The Balaban J connectivity index is 2.07. The Labute approximate surface area is 154 Å². The molecular weight excluding hydrogens is 373 g/mol. The van der Waals surface area contributed by atoms with Gasteiger partial charge in [-0.3, -0.25) is 4.79 Å². The number of hydrogen-bond donors (Lipinski definition) is 0. The zero-order chi connectivity index (χ0) is 19.4. The third kappa shape index (κ3) is 4.07. The molecule has 3 aromatic carbocycles. The third-order valence-electron chi connectivity index (χ3n) is 3.73. The van der Waals surface area contributed by atoms with Crippen LogP contribution in [0.15, 0.2) is 72.8 Å². The van der Waals surface area contributed by atoms with Gasteiger partial charge in [0.15, 0.2) is 23.1 Å². The summed E-state index contributed by atoms with van der Waals surface area (Å²) < 4.78 is 51.8. The highest BCUT2D eigenvalue weighted by Crippen LogP contribution is 2.52. The van der Waals surface area contributed by atoms with E-state index in [1.165, 1.54) is 42.5 Å². The molecule has 0 bridgehead atoms. The molecule has 0 radical (unpaired) electrons. The Morgan fingerprint density at radius 2 is 1.22 bits per heavy atom. The summed E-state index contributed by atoms with van der Waals surface area (Å²) in [4.78, 5) is 13.0. The van der Waals surface area contributed by atoms with Gasteiger partial charge < -0.3 is 9.05 Å². The first kappa shape index (κ1) is 18.8. The van der Waals surface area contributed by atoms with E-state index in [1.54, 1.807) is 25.1 Å². The van der Waals surface area contributed by atoms with Crippen LogP contribution in [0.1, 0.15) is 15.9 Å². The van der Waals surface area contributed by atoms with Crippen molar-refractivity contribution in [3.63, 3.8) is 0 Å². The van der Waals surface area contributed by atoms with Crippen molar-refractivity contribution < 1.29 is 27.2 Å². The van der Waals surface area contributed by atoms with E-state index in [-0.39, 0.29) is 5.56 Å². The van der Waals surface area contributed by atoms with Crippen molar-refractivity contribution in [2.24, 2.45) is 0 Å². The van der Waals surface area contributed by atoms with Crippen LogP contribution in [-0.2, 0) is 4.57 Å². The van der Waals surface area contributed by atoms with Crippen molar-refractivity contribution in [2.45, 2.75) is 6.92 Å². The van der Waals surface area contributed by atoms with E-state index in [0.29, 0.717) is 5.56 Å². The zero-order valence-corrected chi connectivity index (χ0v) is 15.2. The molecule has 0 spiro atoms. The molecule has 0 heterocycles.